The zero-order valence-electron chi connectivity index (χ0n) is 11.3. The van der Waals surface area contributed by atoms with E-state index in [-0.39, 0.29) is 18.0 Å². The molecule has 0 aromatic carbocycles. The molecule has 1 saturated carbocycles. The fourth-order valence-corrected chi connectivity index (χ4v) is 2.08. The van der Waals surface area contributed by atoms with Crippen LogP contribution in [0.5, 0.6) is 0 Å². The molecule has 0 aromatic heterocycles. The van der Waals surface area contributed by atoms with E-state index in [2.05, 4.69) is 19.0 Å². The second kappa shape index (κ2) is 5.59. The van der Waals surface area contributed by atoms with Gasteiger partial charge in [0, 0.05) is 19.0 Å². The molecule has 1 unspecified atom stereocenters. The van der Waals surface area contributed by atoms with E-state index in [4.69, 9.17) is 9.94 Å². The first kappa shape index (κ1) is 13.8. The minimum atomic E-state index is -1.12. The van der Waals surface area contributed by atoms with Crippen LogP contribution in [0.4, 0.5) is 0 Å². The van der Waals surface area contributed by atoms with E-state index >= 15 is 0 Å². The number of carbonyl (C=O) groups is 2. The summed E-state index contributed by atoms with van der Waals surface area (Å²) in [6.07, 6.45) is 2.33. The van der Waals surface area contributed by atoms with Gasteiger partial charge >= 0.3 is 5.97 Å². The second-order valence-electron chi connectivity index (χ2n) is 5.59. The lowest BCUT2D eigenvalue weighted by Crippen LogP contribution is -2.42. The Bertz CT molecular complexity index is 401. The van der Waals surface area contributed by atoms with Crippen LogP contribution < -0.4 is 0 Å². The molecule has 0 radical (unpaired) electrons. The van der Waals surface area contributed by atoms with Crippen molar-refractivity contribution in [2.45, 2.75) is 51.7 Å². The number of nitrogens with zero attached hydrogens (tertiary/aromatic N) is 2. The fourth-order valence-electron chi connectivity index (χ4n) is 2.08. The van der Waals surface area contributed by atoms with Crippen molar-refractivity contribution in [1.29, 1.82) is 0 Å². The average Bonchev–Trinajstić information content (AvgIpc) is 3.05. The van der Waals surface area contributed by atoms with Crippen molar-refractivity contribution in [3.8, 4) is 0 Å². The smallest absolute Gasteiger partial charge is 0.353 e. The number of aliphatic carboxylic acids is 1. The molecule has 1 fully saturated rings. The van der Waals surface area contributed by atoms with Crippen LogP contribution in [0.15, 0.2) is 5.16 Å². The molecule has 6 heteroatoms. The standard InChI is InChI=1S/C13H20N2O4/c1-8(2)5-6-15(9-3-4-9)12(16)11-7-10(13(17)18)14-19-11/h8-9,11H,3-7H2,1-2H3,(H,17,18). The van der Waals surface area contributed by atoms with Gasteiger partial charge in [0.2, 0.25) is 6.10 Å². The number of carbonyl (C=O) groups excluding carboxylic acids is 1. The molecule has 0 spiro atoms. The van der Waals surface area contributed by atoms with Gasteiger partial charge in [-0.2, -0.15) is 0 Å². The van der Waals surface area contributed by atoms with Crippen molar-refractivity contribution in [3.63, 3.8) is 0 Å². The highest BCUT2D eigenvalue weighted by molar-refractivity contribution is 6.36. The molecule has 2 aliphatic rings. The van der Waals surface area contributed by atoms with Crippen molar-refractivity contribution in [2.75, 3.05) is 6.54 Å². The van der Waals surface area contributed by atoms with E-state index < -0.39 is 12.1 Å². The van der Waals surface area contributed by atoms with Gasteiger partial charge in [0.1, 0.15) is 0 Å². The third-order valence-corrected chi connectivity index (χ3v) is 3.41. The molecule has 6 nitrogen and oxygen atoms in total. The van der Waals surface area contributed by atoms with Gasteiger partial charge in [-0.25, -0.2) is 4.79 Å². The summed E-state index contributed by atoms with van der Waals surface area (Å²) in [7, 11) is 0. The summed E-state index contributed by atoms with van der Waals surface area (Å²) in [5.74, 6) is -0.706. The first-order valence-electron chi connectivity index (χ1n) is 6.75. The molecule has 106 valence electrons. The maximum atomic E-state index is 12.3. The molecule has 1 aliphatic carbocycles. The first-order valence-corrected chi connectivity index (χ1v) is 6.75. The van der Waals surface area contributed by atoms with E-state index in [0.29, 0.717) is 18.5 Å². The molecule has 0 saturated heterocycles. The number of rotatable bonds is 6. The van der Waals surface area contributed by atoms with Gasteiger partial charge in [-0.3, -0.25) is 4.79 Å². The molecular formula is C13H20N2O4. The number of hydrogen-bond donors (Lipinski definition) is 1. The summed E-state index contributed by atoms with van der Waals surface area (Å²) in [4.78, 5) is 29.9. The lowest BCUT2D eigenvalue weighted by molar-refractivity contribution is -0.142. The maximum Gasteiger partial charge on any atom is 0.353 e. The zero-order valence-corrected chi connectivity index (χ0v) is 11.3. The fraction of sp³-hybridized carbons (Fsp3) is 0.769. The summed E-state index contributed by atoms with van der Waals surface area (Å²) < 4.78 is 0. The quantitative estimate of drug-likeness (QED) is 0.786. The van der Waals surface area contributed by atoms with Gasteiger partial charge in [0.05, 0.1) is 0 Å². The summed E-state index contributed by atoms with van der Waals surface area (Å²) in [5, 5.41) is 12.3. The zero-order chi connectivity index (χ0) is 14.0. The van der Waals surface area contributed by atoms with Gasteiger partial charge in [-0.05, 0) is 25.2 Å². The van der Waals surface area contributed by atoms with Gasteiger partial charge in [0.15, 0.2) is 5.71 Å². The SMILES string of the molecule is CC(C)CCN(C(=O)C1CC(C(=O)O)=NO1)C1CC1. The van der Waals surface area contributed by atoms with Crippen LogP contribution in [0, 0.1) is 5.92 Å². The van der Waals surface area contributed by atoms with Crippen LogP contribution in [-0.4, -0.2) is 46.3 Å². The Morgan fingerprint density at radius 2 is 2.16 bits per heavy atom. The van der Waals surface area contributed by atoms with Crippen LogP contribution in [0.25, 0.3) is 0 Å². The van der Waals surface area contributed by atoms with Crippen LogP contribution in [0.1, 0.15) is 39.5 Å². The van der Waals surface area contributed by atoms with Crippen molar-refractivity contribution >= 4 is 17.6 Å². The monoisotopic (exact) mass is 268 g/mol. The molecule has 19 heavy (non-hydrogen) atoms. The Labute approximate surface area is 112 Å². The minimum Gasteiger partial charge on any atom is -0.477 e. The highest BCUT2D eigenvalue weighted by Gasteiger charge is 2.39. The van der Waals surface area contributed by atoms with Crippen LogP contribution in [-0.2, 0) is 14.4 Å². The first-order chi connectivity index (χ1) is 8.99. The minimum absolute atomic E-state index is 0.0685. The van der Waals surface area contributed by atoms with Gasteiger partial charge in [-0.15, -0.1) is 0 Å². The Morgan fingerprint density at radius 1 is 1.47 bits per heavy atom. The third-order valence-electron chi connectivity index (χ3n) is 3.41. The third kappa shape index (κ3) is 3.45. The predicted molar refractivity (Wildman–Crippen MR) is 68.8 cm³/mol. The Morgan fingerprint density at radius 3 is 2.63 bits per heavy atom. The molecule has 1 atom stereocenters. The van der Waals surface area contributed by atoms with Gasteiger partial charge in [-0.1, -0.05) is 19.0 Å². The molecule has 2 rings (SSSR count). The van der Waals surface area contributed by atoms with Crippen molar-refractivity contribution < 1.29 is 19.5 Å². The Balaban J connectivity index is 1.91. The molecule has 1 heterocycles. The summed E-state index contributed by atoms with van der Waals surface area (Å²) in [5.41, 5.74) is -0.0713. The van der Waals surface area contributed by atoms with Crippen molar-refractivity contribution in [1.82, 2.24) is 4.90 Å². The highest BCUT2D eigenvalue weighted by Crippen LogP contribution is 2.29. The molecule has 1 amide bonds. The predicted octanol–water partition coefficient (Wildman–Crippen LogP) is 1.25. The lowest BCUT2D eigenvalue weighted by Gasteiger charge is -2.25. The molecule has 1 aliphatic heterocycles. The number of hydrogen-bond acceptors (Lipinski definition) is 4. The molecule has 0 aromatic rings. The van der Waals surface area contributed by atoms with Crippen LogP contribution in [0.2, 0.25) is 0 Å². The molecular weight excluding hydrogens is 248 g/mol. The van der Waals surface area contributed by atoms with E-state index in [1.165, 1.54) is 0 Å². The summed E-state index contributed by atoms with van der Waals surface area (Å²) >= 11 is 0. The summed E-state index contributed by atoms with van der Waals surface area (Å²) in [6.45, 7) is 4.95. The topological polar surface area (TPSA) is 79.2 Å². The number of carboxylic acids is 1. The number of amides is 1. The van der Waals surface area contributed by atoms with Crippen molar-refractivity contribution in [2.24, 2.45) is 11.1 Å². The Hall–Kier alpha value is -1.59. The van der Waals surface area contributed by atoms with Gasteiger partial charge in [0.25, 0.3) is 5.91 Å². The normalized spacial score (nSPS) is 22.1. The second-order valence-corrected chi connectivity index (χ2v) is 5.59. The molecule has 1 N–H and O–H groups in total. The van der Waals surface area contributed by atoms with E-state index in [9.17, 15) is 9.59 Å². The van der Waals surface area contributed by atoms with Gasteiger partial charge < -0.3 is 14.8 Å². The van der Waals surface area contributed by atoms with E-state index in [0.717, 1.165) is 19.3 Å². The number of oxime groups is 1. The maximum absolute atomic E-state index is 12.3. The van der Waals surface area contributed by atoms with E-state index in [1.54, 1.807) is 0 Å². The number of carboxylic acid groups (broad SMARTS) is 1. The lowest BCUT2D eigenvalue weighted by atomic mass is 10.1. The molecule has 0 bridgehead atoms. The van der Waals surface area contributed by atoms with Crippen LogP contribution >= 0.6 is 0 Å². The highest BCUT2D eigenvalue weighted by atomic mass is 16.6. The average molecular weight is 268 g/mol. The Kier molecular flexibility index (Phi) is 4.07. The largest absolute Gasteiger partial charge is 0.477 e. The van der Waals surface area contributed by atoms with E-state index in [1.807, 2.05) is 4.90 Å². The van der Waals surface area contributed by atoms with Crippen LogP contribution in [0.3, 0.4) is 0 Å². The van der Waals surface area contributed by atoms with Crippen molar-refractivity contribution in [3.05, 3.63) is 0 Å². The summed E-state index contributed by atoms with van der Waals surface area (Å²) in [6, 6.07) is 0.309.